The van der Waals surface area contributed by atoms with Crippen LogP contribution in [0.4, 0.5) is 18.9 Å². The highest BCUT2D eigenvalue weighted by Gasteiger charge is 2.33. The Bertz CT molecular complexity index is 816. The van der Waals surface area contributed by atoms with E-state index >= 15 is 0 Å². The molecule has 0 fully saturated rings. The lowest BCUT2D eigenvalue weighted by molar-refractivity contribution is -0.140. The molecule has 0 unspecified atom stereocenters. The van der Waals surface area contributed by atoms with Crippen LogP contribution in [0.3, 0.4) is 0 Å². The summed E-state index contributed by atoms with van der Waals surface area (Å²) < 4.78 is 37.8. The molecular formula is C18H22F3N5S. The average molecular weight is 397 g/mol. The van der Waals surface area contributed by atoms with Crippen molar-refractivity contribution >= 4 is 23.0 Å². The first-order valence-electron chi connectivity index (χ1n) is 8.66. The Morgan fingerprint density at radius 1 is 1.30 bits per heavy atom. The van der Waals surface area contributed by atoms with Crippen LogP contribution < -0.4 is 15.5 Å². The van der Waals surface area contributed by atoms with Crippen LogP contribution in [0.15, 0.2) is 28.6 Å². The number of rotatable bonds is 4. The molecule has 3 rings (SSSR count). The van der Waals surface area contributed by atoms with Crippen LogP contribution in [-0.2, 0) is 25.7 Å². The number of nitrogens with zero attached hydrogens (tertiary/aromatic N) is 3. The molecule has 2 heterocycles. The van der Waals surface area contributed by atoms with E-state index in [9.17, 15) is 13.2 Å². The summed E-state index contributed by atoms with van der Waals surface area (Å²) in [5.74, 6) is 0.522. The molecule has 1 aromatic heterocycles. The van der Waals surface area contributed by atoms with Gasteiger partial charge >= 0.3 is 6.18 Å². The number of fused-ring (bicyclic) bond motifs is 1. The van der Waals surface area contributed by atoms with Crippen molar-refractivity contribution in [3.05, 3.63) is 45.4 Å². The highest BCUT2D eigenvalue weighted by Crippen LogP contribution is 2.30. The van der Waals surface area contributed by atoms with Crippen molar-refractivity contribution in [3.63, 3.8) is 0 Å². The van der Waals surface area contributed by atoms with Gasteiger partial charge in [0.05, 0.1) is 6.54 Å². The van der Waals surface area contributed by atoms with Crippen molar-refractivity contribution in [2.75, 3.05) is 25.5 Å². The van der Waals surface area contributed by atoms with Crippen LogP contribution in [0.5, 0.6) is 0 Å². The quantitative estimate of drug-likeness (QED) is 0.613. The maximum absolute atomic E-state index is 12.6. The van der Waals surface area contributed by atoms with Crippen LogP contribution in [0.25, 0.3) is 0 Å². The fraction of sp³-hybridized carbons (Fsp3) is 0.444. The first-order chi connectivity index (χ1) is 12.9. The Kier molecular flexibility index (Phi) is 5.88. The zero-order valence-electron chi connectivity index (χ0n) is 15.2. The van der Waals surface area contributed by atoms with Crippen LogP contribution in [0, 0.1) is 0 Å². The predicted molar refractivity (Wildman–Crippen MR) is 102 cm³/mol. The molecule has 0 spiro atoms. The van der Waals surface area contributed by atoms with Gasteiger partial charge in [-0.2, -0.15) is 13.2 Å². The van der Waals surface area contributed by atoms with Crippen molar-refractivity contribution in [1.29, 1.82) is 0 Å². The normalized spacial score (nSPS) is 14.9. The minimum absolute atomic E-state index is 0.190. The number of anilines is 1. The summed E-state index contributed by atoms with van der Waals surface area (Å²) in [7, 11) is 3.73. The van der Waals surface area contributed by atoms with E-state index in [0.717, 1.165) is 41.7 Å². The van der Waals surface area contributed by atoms with Gasteiger partial charge in [-0.15, -0.1) is 11.3 Å². The van der Waals surface area contributed by atoms with Gasteiger partial charge in [0.15, 0.2) is 11.7 Å². The highest BCUT2D eigenvalue weighted by atomic mass is 32.1. The first-order valence-corrected chi connectivity index (χ1v) is 9.54. The van der Waals surface area contributed by atoms with Crippen LogP contribution in [0.2, 0.25) is 0 Å². The molecule has 0 aliphatic carbocycles. The summed E-state index contributed by atoms with van der Waals surface area (Å²) >= 11 is 0.978. The average Bonchev–Trinajstić information content (AvgIpc) is 3.11. The van der Waals surface area contributed by atoms with Gasteiger partial charge in [-0.05, 0) is 30.0 Å². The first kappa shape index (κ1) is 19.5. The zero-order chi connectivity index (χ0) is 19.4. The SMILES string of the molecule is CN=C(NCc1ccc2c(c1)CCCN2C)NCc1nc(C(F)(F)F)cs1. The summed E-state index contributed by atoms with van der Waals surface area (Å²) in [5.41, 5.74) is 2.90. The minimum Gasteiger partial charge on any atom is -0.374 e. The number of alkyl halides is 3. The molecule has 5 nitrogen and oxygen atoms in total. The molecule has 1 aliphatic heterocycles. The van der Waals surface area contributed by atoms with Crippen molar-refractivity contribution < 1.29 is 13.2 Å². The summed E-state index contributed by atoms with van der Waals surface area (Å²) in [6.07, 6.45) is -2.18. The zero-order valence-corrected chi connectivity index (χ0v) is 16.0. The van der Waals surface area contributed by atoms with Crippen molar-refractivity contribution in [1.82, 2.24) is 15.6 Å². The predicted octanol–water partition coefficient (Wildman–Crippen LogP) is 3.41. The fourth-order valence-corrected chi connectivity index (χ4v) is 3.78. The molecule has 1 aromatic carbocycles. The molecule has 27 heavy (non-hydrogen) atoms. The lowest BCUT2D eigenvalue weighted by Gasteiger charge is -2.28. The van der Waals surface area contributed by atoms with Gasteiger partial charge in [-0.25, -0.2) is 4.98 Å². The minimum atomic E-state index is -4.41. The molecule has 0 atom stereocenters. The second-order valence-corrected chi connectivity index (χ2v) is 7.33. The summed E-state index contributed by atoms with van der Waals surface area (Å²) in [6.45, 7) is 1.85. The summed E-state index contributed by atoms with van der Waals surface area (Å²) in [5, 5.41) is 7.58. The molecule has 0 saturated carbocycles. The van der Waals surface area contributed by atoms with Gasteiger partial charge in [0.2, 0.25) is 0 Å². The molecular weight excluding hydrogens is 375 g/mol. The molecule has 0 radical (unpaired) electrons. The number of aryl methyl sites for hydroxylation is 1. The third-order valence-corrected chi connectivity index (χ3v) is 5.28. The smallest absolute Gasteiger partial charge is 0.374 e. The Balaban J connectivity index is 1.54. The third-order valence-electron chi connectivity index (χ3n) is 4.43. The number of hydrogen-bond donors (Lipinski definition) is 2. The molecule has 1 aliphatic rings. The van der Waals surface area contributed by atoms with Gasteiger partial charge in [0.25, 0.3) is 0 Å². The molecule has 0 amide bonds. The molecule has 0 bridgehead atoms. The lowest BCUT2D eigenvalue weighted by Crippen LogP contribution is -2.36. The topological polar surface area (TPSA) is 52.6 Å². The number of guanidine groups is 1. The van der Waals surface area contributed by atoms with E-state index in [1.54, 1.807) is 7.05 Å². The van der Waals surface area contributed by atoms with E-state index < -0.39 is 11.9 Å². The largest absolute Gasteiger partial charge is 0.434 e. The number of aliphatic imine (C=N–C) groups is 1. The van der Waals surface area contributed by atoms with E-state index in [0.29, 0.717) is 17.5 Å². The van der Waals surface area contributed by atoms with Gasteiger partial charge in [-0.1, -0.05) is 12.1 Å². The molecule has 2 N–H and O–H groups in total. The number of nitrogens with one attached hydrogen (secondary N) is 2. The van der Waals surface area contributed by atoms with Crippen LogP contribution in [-0.4, -0.2) is 31.6 Å². The maximum Gasteiger partial charge on any atom is 0.434 e. The monoisotopic (exact) mass is 397 g/mol. The van der Waals surface area contributed by atoms with Gasteiger partial charge in [0, 0.05) is 38.3 Å². The lowest BCUT2D eigenvalue weighted by atomic mass is 9.99. The second kappa shape index (κ2) is 8.16. The number of aromatic nitrogens is 1. The Labute approximate surface area is 160 Å². The fourth-order valence-electron chi connectivity index (χ4n) is 3.04. The third kappa shape index (κ3) is 4.91. The van der Waals surface area contributed by atoms with Gasteiger partial charge < -0.3 is 15.5 Å². The number of hydrogen-bond acceptors (Lipinski definition) is 4. The van der Waals surface area contributed by atoms with Crippen molar-refractivity contribution in [2.45, 2.75) is 32.1 Å². The Hall–Kier alpha value is -2.29. The Morgan fingerprint density at radius 3 is 2.78 bits per heavy atom. The highest BCUT2D eigenvalue weighted by molar-refractivity contribution is 7.09. The summed E-state index contributed by atoms with van der Waals surface area (Å²) in [4.78, 5) is 9.98. The summed E-state index contributed by atoms with van der Waals surface area (Å²) in [6, 6.07) is 6.41. The molecule has 146 valence electrons. The van der Waals surface area contributed by atoms with Crippen molar-refractivity contribution in [3.8, 4) is 0 Å². The molecule has 9 heteroatoms. The van der Waals surface area contributed by atoms with Crippen molar-refractivity contribution in [2.24, 2.45) is 4.99 Å². The van der Waals surface area contributed by atoms with E-state index in [4.69, 9.17) is 0 Å². The van der Waals surface area contributed by atoms with E-state index in [-0.39, 0.29) is 6.54 Å². The molecule has 2 aromatic rings. The van der Waals surface area contributed by atoms with Gasteiger partial charge in [-0.3, -0.25) is 4.99 Å². The molecule has 0 saturated heterocycles. The van der Waals surface area contributed by atoms with Gasteiger partial charge in [0.1, 0.15) is 5.01 Å². The van der Waals surface area contributed by atoms with Crippen LogP contribution >= 0.6 is 11.3 Å². The Morgan fingerprint density at radius 2 is 2.07 bits per heavy atom. The number of thiazole rings is 1. The van der Waals surface area contributed by atoms with Crippen LogP contribution in [0.1, 0.15) is 28.2 Å². The number of halogens is 3. The second-order valence-electron chi connectivity index (χ2n) is 6.39. The van der Waals surface area contributed by atoms with E-state index in [1.165, 1.54) is 11.3 Å². The maximum atomic E-state index is 12.6. The van der Waals surface area contributed by atoms with E-state index in [1.807, 2.05) is 0 Å². The number of benzene rings is 1. The standard InChI is InChI=1S/C18H22F3N5S/c1-22-17(24-10-16-25-15(11-27-16)18(19,20)21)23-9-12-5-6-14-13(8-12)4-3-7-26(14)2/h5-6,8,11H,3-4,7,9-10H2,1-2H3,(H2,22,23,24). The van der Waals surface area contributed by atoms with E-state index in [2.05, 4.69) is 50.8 Å².